The van der Waals surface area contributed by atoms with Crippen molar-refractivity contribution in [2.45, 2.75) is 49.9 Å². The van der Waals surface area contributed by atoms with Gasteiger partial charge in [-0.3, -0.25) is 4.90 Å². The number of rotatable bonds is 5. The van der Waals surface area contributed by atoms with Crippen LogP contribution >= 0.6 is 0 Å². The van der Waals surface area contributed by atoms with Crippen molar-refractivity contribution >= 4 is 11.2 Å². The molecule has 5 rings (SSSR count). The number of ether oxygens (including phenoxy) is 3. The fourth-order valence-corrected chi connectivity index (χ4v) is 4.99. The summed E-state index contributed by atoms with van der Waals surface area (Å²) in [6, 6.07) is 0.541. The average molecular weight is 391 g/mol. The molecule has 2 aromatic rings. The van der Waals surface area contributed by atoms with Crippen molar-refractivity contribution in [3.8, 4) is 11.9 Å². The molecule has 0 spiro atoms. The molecule has 3 aliphatic heterocycles. The lowest BCUT2D eigenvalue weighted by Crippen LogP contribution is -2.43. The minimum atomic E-state index is -0.781. The summed E-state index contributed by atoms with van der Waals surface area (Å²) >= 11 is 0. The first-order valence-corrected chi connectivity index (χ1v) is 10.1. The van der Waals surface area contributed by atoms with E-state index in [0.717, 1.165) is 51.0 Å². The van der Waals surface area contributed by atoms with Crippen molar-refractivity contribution in [2.75, 3.05) is 40.0 Å². The molecule has 3 aliphatic rings. The molecule has 5 heterocycles. The predicted molar refractivity (Wildman–Crippen MR) is 99.5 cm³/mol. The molecule has 28 heavy (non-hydrogen) atoms. The molecule has 0 aliphatic carbocycles. The standard InChI is InChI=1S/C19H26FN5O3/c1-26-17-15-16(21-12-25(15)14-3-7-27-8-4-14)22-18(23-17)28-11-19-5-2-6-24(19)10-13(20)9-19/h12-14H,2-11H2,1H3/t13-,19+/m1/s1. The molecular weight excluding hydrogens is 365 g/mol. The maximum atomic E-state index is 14.0. The Hall–Kier alpha value is -2.00. The van der Waals surface area contributed by atoms with Crippen LogP contribution in [0.1, 0.15) is 38.1 Å². The molecule has 9 heteroatoms. The first-order chi connectivity index (χ1) is 13.7. The quantitative estimate of drug-likeness (QED) is 0.773. The van der Waals surface area contributed by atoms with Gasteiger partial charge in [0.05, 0.1) is 19.0 Å². The topological polar surface area (TPSA) is 74.5 Å². The monoisotopic (exact) mass is 391 g/mol. The largest absolute Gasteiger partial charge is 0.479 e. The van der Waals surface area contributed by atoms with Gasteiger partial charge in [-0.15, -0.1) is 0 Å². The zero-order valence-electron chi connectivity index (χ0n) is 16.1. The number of hydrogen-bond acceptors (Lipinski definition) is 7. The van der Waals surface area contributed by atoms with Crippen LogP contribution in [-0.4, -0.2) is 76.1 Å². The second kappa shape index (κ2) is 7.11. The van der Waals surface area contributed by atoms with Gasteiger partial charge >= 0.3 is 6.01 Å². The summed E-state index contributed by atoms with van der Waals surface area (Å²) < 4.78 is 33.0. The number of alkyl halides is 1. The third kappa shape index (κ3) is 3.00. The van der Waals surface area contributed by atoms with Gasteiger partial charge in [-0.05, 0) is 32.2 Å². The van der Waals surface area contributed by atoms with Crippen molar-refractivity contribution in [1.82, 2.24) is 24.4 Å². The highest BCUT2D eigenvalue weighted by molar-refractivity contribution is 5.77. The number of imidazole rings is 1. The molecule has 0 bridgehead atoms. The number of hydrogen-bond donors (Lipinski definition) is 0. The van der Waals surface area contributed by atoms with Crippen LogP contribution in [0.3, 0.4) is 0 Å². The van der Waals surface area contributed by atoms with Crippen LogP contribution in [-0.2, 0) is 4.74 Å². The Morgan fingerprint density at radius 1 is 1.32 bits per heavy atom. The van der Waals surface area contributed by atoms with E-state index in [1.807, 2.05) is 0 Å². The second-order valence-corrected chi connectivity index (χ2v) is 8.05. The first kappa shape index (κ1) is 18.1. The normalized spacial score (nSPS) is 28.7. The highest BCUT2D eigenvalue weighted by Crippen LogP contribution is 2.40. The summed E-state index contributed by atoms with van der Waals surface area (Å²) in [5.41, 5.74) is 1.11. The SMILES string of the molecule is COc1nc(OC[C@@]23CCCN2C[C@H](F)C3)nc2ncn(C3CCOCC3)c12. The minimum Gasteiger partial charge on any atom is -0.479 e. The summed E-state index contributed by atoms with van der Waals surface area (Å²) in [7, 11) is 1.59. The lowest BCUT2D eigenvalue weighted by atomic mass is 9.95. The van der Waals surface area contributed by atoms with Gasteiger partial charge in [0.1, 0.15) is 12.8 Å². The Labute approximate surface area is 163 Å². The maximum absolute atomic E-state index is 14.0. The summed E-state index contributed by atoms with van der Waals surface area (Å²) in [4.78, 5) is 15.7. The highest BCUT2D eigenvalue weighted by Gasteiger charge is 2.49. The van der Waals surface area contributed by atoms with E-state index in [1.165, 1.54) is 0 Å². The van der Waals surface area contributed by atoms with Crippen molar-refractivity contribution < 1.29 is 18.6 Å². The Balaban J connectivity index is 1.40. The average Bonchev–Trinajstić information content (AvgIpc) is 3.38. The Kier molecular flexibility index (Phi) is 4.59. The van der Waals surface area contributed by atoms with Crippen LogP contribution < -0.4 is 9.47 Å². The smallest absolute Gasteiger partial charge is 0.321 e. The van der Waals surface area contributed by atoms with Gasteiger partial charge in [-0.25, -0.2) is 9.37 Å². The van der Waals surface area contributed by atoms with E-state index < -0.39 is 6.17 Å². The third-order valence-corrected chi connectivity index (χ3v) is 6.38. The highest BCUT2D eigenvalue weighted by atomic mass is 19.1. The molecular formula is C19H26FN5O3. The molecule has 3 saturated heterocycles. The third-order valence-electron chi connectivity index (χ3n) is 6.38. The van der Waals surface area contributed by atoms with E-state index in [0.29, 0.717) is 37.1 Å². The Bertz CT molecular complexity index is 855. The van der Waals surface area contributed by atoms with Crippen molar-refractivity contribution in [3.63, 3.8) is 0 Å². The van der Waals surface area contributed by atoms with Gasteiger partial charge in [-0.1, -0.05) is 0 Å². The van der Waals surface area contributed by atoms with Gasteiger partial charge in [0.25, 0.3) is 0 Å². The molecule has 2 aromatic heterocycles. The molecule has 0 unspecified atom stereocenters. The van der Waals surface area contributed by atoms with Crippen LogP contribution in [0.15, 0.2) is 6.33 Å². The van der Waals surface area contributed by atoms with Gasteiger partial charge in [0, 0.05) is 32.2 Å². The lowest BCUT2D eigenvalue weighted by molar-refractivity contribution is 0.0704. The molecule has 8 nitrogen and oxygen atoms in total. The van der Waals surface area contributed by atoms with Gasteiger partial charge in [0.2, 0.25) is 5.88 Å². The van der Waals surface area contributed by atoms with Crippen LogP contribution in [0.5, 0.6) is 11.9 Å². The van der Waals surface area contributed by atoms with Crippen molar-refractivity contribution in [2.24, 2.45) is 0 Å². The van der Waals surface area contributed by atoms with Crippen LogP contribution in [0.25, 0.3) is 11.2 Å². The zero-order valence-corrected chi connectivity index (χ0v) is 16.1. The molecule has 3 fully saturated rings. The molecule has 152 valence electrons. The first-order valence-electron chi connectivity index (χ1n) is 10.1. The number of aromatic nitrogens is 4. The van der Waals surface area contributed by atoms with E-state index in [-0.39, 0.29) is 11.5 Å². The van der Waals surface area contributed by atoms with E-state index in [4.69, 9.17) is 14.2 Å². The summed E-state index contributed by atoms with van der Waals surface area (Å²) in [5.74, 6) is 0.458. The van der Waals surface area contributed by atoms with E-state index in [9.17, 15) is 4.39 Å². The van der Waals surface area contributed by atoms with Gasteiger partial charge < -0.3 is 18.8 Å². The maximum Gasteiger partial charge on any atom is 0.321 e. The lowest BCUT2D eigenvalue weighted by Gasteiger charge is -2.30. The predicted octanol–water partition coefficient (Wildman–Crippen LogP) is 2.14. The molecule has 0 aromatic carbocycles. The van der Waals surface area contributed by atoms with E-state index in [1.54, 1.807) is 13.4 Å². The van der Waals surface area contributed by atoms with Gasteiger partial charge in [-0.2, -0.15) is 9.97 Å². The molecule has 0 amide bonds. The number of nitrogens with zero attached hydrogens (tertiary/aromatic N) is 5. The van der Waals surface area contributed by atoms with E-state index in [2.05, 4.69) is 24.4 Å². The van der Waals surface area contributed by atoms with Crippen LogP contribution in [0.2, 0.25) is 0 Å². The molecule has 2 atom stereocenters. The summed E-state index contributed by atoms with van der Waals surface area (Å²) in [6.45, 7) is 3.30. The second-order valence-electron chi connectivity index (χ2n) is 8.05. The fraction of sp³-hybridized carbons (Fsp3) is 0.737. The van der Waals surface area contributed by atoms with Crippen LogP contribution in [0, 0.1) is 0 Å². The zero-order chi connectivity index (χ0) is 19.1. The minimum absolute atomic E-state index is 0.230. The van der Waals surface area contributed by atoms with Gasteiger partial charge in [0.15, 0.2) is 11.2 Å². The number of fused-ring (bicyclic) bond motifs is 2. The summed E-state index contributed by atoms with van der Waals surface area (Å²) in [6.07, 6.45) is 5.41. The fourth-order valence-electron chi connectivity index (χ4n) is 4.99. The summed E-state index contributed by atoms with van der Waals surface area (Å²) in [5, 5.41) is 0. The molecule has 0 N–H and O–H groups in total. The van der Waals surface area contributed by atoms with Crippen molar-refractivity contribution in [3.05, 3.63) is 6.33 Å². The number of halogens is 1. The number of methoxy groups -OCH3 is 1. The Morgan fingerprint density at radius 2 is 2.18 bits per heavy atom. The van der Waals surface area contributed by atoms with E-state index >= 15 is 0 Å². The van der Waals surface area contributed by atoms with Crippen molar-refractivity contribution in [1.29, 1.82) is 0 Å². The molecule has 0 radical (unpaired) electrons. The van der Waals surface area contributed by atoms with Crippen LogP contribution in [0.4, 0.5) is 4.39 Å². The Morgan fingerprint density at radius 3 is 3.00 bits per heavy atom. The molecule has 0 saturated carbocycles.